The van der Waals surface area contributed by atoms with Gasteiger partial charge < -0.3 is 15.1 Å². The van der Waals surface area contributed by atoms with E-state index in [0.717, 1.165) is 42.9 Å². The number of anilines is 1. The van der Waals surface area contributed by atoms with Crippen molar-refractivity contribution in [2.45, 2.75) is 19.3 Å². The molecule has 1 saturated heterocycles. The third-order valence-electron chi connectivity index (χ3n) is 4.37. The van der Waals surface area contributed by atoms with E-state index in [1.54, 1.807) is 0 Å². The fraction of sp³-hybridized carbons (Fsp3) is 0.278. The average Bonchev–Trinajstić information content (AvgIpc) is 3.09. The molecule has 0 amide bonds. The number of benzene rings is 1. The quantitative estimate of drug-likeness (QED) is 0.744. The van der Waals surface area contributed by atoms with E-state index >= 15 is 0 Å². The number of piperidine rings is 1. The number of rotatable bonds is 3. The van der Waals surface area contributed by atoms with Gasteiger partial charge in [0, 0.05) is 18.7 Å². The molecule has 4 rings (SSSR count). The van der Waals surface area contributed by atoms with Crippen LogP contribution in [0.2, 0.25) is 0 Å². The molecule has 0 atom stereocenters. The zero-order chi connectivity index (χ0) is 17.4. The van der Waals surface area contributed by atoms with Crippen LogP contribution in [0.5, 0.6) is 5.75 Å². The molecule has 25 heavy (non-hydrogen) atoms. The van der Waals surface area contributed by atoms with Crippen LogP contribution in [0, 0.1) is 0 Å². The van der Waals surface area contributed by atoms with E-state index in [9.17, 15) is 15.0 Å². The largest absolute Gasteiger partial charge is 0.504 e. The smallest absolute Gasteiger partial charge is 0.358 e. The Balaban J connectivity index is 1.94. The van der Waals surface area contributed by atoms with Crippen LogP contribution < -0.4 is 4.90 Å². The van der Waals surface area contributed by atoms with Gasteiger partial charge in [0.2, 0.25) is 0 Å². The molecule has 6 nitrogen and oxygen atoms in total. The lowest BCUT2D eigenvalue weighted by atomic mass is 10.1. The SMILES string of the molecule is O=C(O)c1nc(N2CCCCC2)c2nc(-c3ccccc3)sc2c1O. The number of nitrogens with zero attached hydrogens (tertiary/aromatic N) is 3. The van der Waals surface area contributed by atoms with Gasteiger partial charge in [-0.05, 0) is 19.3 Å². The molecule has 2 N–H and O–H groups in total. The second kappa shape index (κ2) is 6.33. The van der Waals surface area contributed by atoms with Gasteiger partial charge in [-0.3, -0.25) is 0 Å². The minimum absolute atomic E-state index is 0.303. The van der Waals surface area contributed by atoms with E-state index in [-0.39, 0.29) is 11.4 Å². The normalized spacial score (nSPS) is 14.8. The van der Waals surface area contributed by atoms with Gasteiger partial charge in [-0.2, -0.15) is 0 Å². The van der Waals surface area contributed by atoms with E-state index in [1.165, 1.54) is 11.3 Å². The Morgan fingerprint density at radius 3 is 2.48 bits per heavy atom. The molecule has 128 valence electrons. The molecular formula is C18H17N3O3S. The number of aromatic hydroxyl groups is 1. The Morgan fingerprint density at radius 2 is 1.80 bits per heavy atom. The fourth-order valence-electron chi connectivity index (χ4n) is 3.13. The van der Waals surface area contributed by atoms with Gasteiger partial charge in [0.1, 0.15) is 15.2 Å². The van der Waals surface area contributed by atoms with Gasteiger partial charge in [-0.15, -0.1) is 11.3 Å². The van der Waals surface area contributed by atoms with Crippen LogP contribution in [-0.2, 0) is 0 Å². The fourth-order valence-corrected chi connectivity index (χ4v) is 4.14. The summed E-state index contributed by atoms with van der Waals surface area (Å²) in [4.78, 5) is 22.5. The zero-order valence-electron chi connectivity index (χ0n) is 13.5. The highest BCUT2D eigenvalue weighted by molar-refractivity contribution is 7.22. The van der Waals surface area contributed by atoms with Crippen LogP contribution in [0.3, 0.4) is 0 Å². The number of fused-ring (bicyclic) bond motifs is 1. The number of carboxylic acids is 1. The minimum atomic E-state index is -1.23. The average molecular weight is 355 g/mol. The van der Waals surface area contributed by atoms with E-state index < -0.39 is 5.97 Å². The summed E-state index contributed by atoms with van der Waals surface area (Å²) in [5.41, 5.74) is 1.20. The van der Waals surface area contributed by atoms with E-state index in [4.69, 9.17) is 0 Å². The summed E-state index contributed by atoms with van der Waals surface area (Å²) >= 11 is 1.30. The summed E-state index contributed by atoms with van der Waals surface area (Å²) in [6.07, 6.45) is 3.25. The molecule has 0 spiro atoms. The maximum absolute atomic E-state index is 11.5. The zero-order valence-corrected chi connectivity index (χ0v) is 14.3. The summed E-state index contributed by atoms with van der Waals surface area (Å²) in [6.45, 7) is 1.65. The Kier molecular flexibility index (Phi) is 4.01. The van der Waals surface area contributed by atoms with E-state index in [0.29, 0.717) is 16.0 Å². The van der Waals surface area contributed by atoms with Crippen molar-refractivity contribution in [3.8, 4) is 16.3 Å². The van der Waals surface area contributed by atoms with Crippen molar-refractivity contribution in [3.05, 3.63) is 36.0 Å². The lowest BCUT2D eigenvalue weighted by Crippen LogP contribution is -2.30. The first-order valence-corrected chi connectivity index (χ1v) is 9.04. The second-order valence-electron chi connectivity index (χ2n) is 6.05. The third-order valence-corrected chi connectivity index (χ3v) is 5.49. The maximum atomic E-state index is 11.5. The topological polar surface area (TPSA) is 86.5 Å². The third kappa shape index (κ3) is 2.80. The van der Waals surface area contributed by atoms with Crippen LogP contribution in [0.1, 0.15) is 29.8 Å². The molecule has 0 saturated carbocycles. The van der Waals surface area contributed by atoms with Crippen LogP contribution in [0.4, 0.5) is 5.82 Å². The molecule has 1 aliphatic heterocycles. The van der Waals surface area contributed by atoms with Crippen LogP contribution in [0.25, 0.3) is 20.8 Å². The van der Waals surface area contributed by atoms with Crippen molar-refractivity contribution in [2.24, 2.45) is 0 Å². The molecular weight excluding hydrogens is 338 g/mol. The minimum Gasteiger partial charge on any atom is -0.504 e. The molecule has 0 radical (unpaired) electrons. The lowest BCUT2D eigenvalue weighted by molar-refractivity contribution is 0.0687. The summed E-state index contributed by atoms with van der Waals surface area (Å²) in [5, 5.41) is 20.6. The first-order valence-electron chi connectivity index (χ1n) is 8.22. The Morgan fingerprint density at radius 1 is 1.08 bits per heavy atom. The highest BCUT2D eigenvalue weighted by atomic mass is 32.1. The van der Waals surface area contributed by atoms with Gasteiger partial charge in [0.05, 0.1) is 0 Å². The van der Waals surface area contributed by atoms with Gasteiger partial charge in [-0.1, -0.05) is 30.3 Å². The number of pyridine rings is 1. The van der Waals surface area contributed by atoms with Gasteiger partial charge in [0.25, 0.3) is 0 Å². The predicted molar refractivity (Wildman–Crippen MR) is 97.5 cm³/mol. The van der Waals surface area contributed by atoms with Crippen molar-refractivity contribution >= 4 is 33.3 Å². The van der Waals surface area contributed by atoms with Gasteiger partial charge in [0.15, 0.2) is 17.3 Å². The summed E-state index contributed by atoms with van der Waals surface area (Å²) in [7, 11) is 0. The van der Waals surface area contributed by atoms with Crippen molar-refractivity contribution in [1.82, 2.24) is 9.97 Å². The Bertz CT molecular complexity index is 934. The molecule has 1 aromatic carbocycles. The number of aromatic nitrogens is 2. The maximum Gasteiger partial charge on any atom is 0.358 e. The lowest BCUT2D eigenvalue weighted by Gasteiger charge is -2.28. The van der Waals surface area contributed by atoms with Gasteiger partial charge >= 0.3 is 5.97 Å². The summed E-state index contributed by atoms with van der Waals surface area (Å²) < 4.78 is 0.479. The Hall–Kier alpha value is -2.67. The monoisotopic (exact) mass is 355 g/mol. The molecule has 0 unspecified atom stereocenters. The van der Waals surface area contributed by atoms with E-state index in [1.807, 2.05) is 30.3 Å². The number of carboxylic acid groups (broad SMARTS) is 1. The van der Waals surface area contributed by atoms with E-state index in [2.05, 4.69) is 14.9 Å². The van der Waals surface area contributed by atoms with Crippen molar-refractivity contribution in [3.63, 3.8) is 0 Å². The second-order valence-corrected chi connectivity index (χ2v) is 7.05. The standard InChI is InChI=1S/C18H17N3O3S/c22-14-12(18(23)24)19-16(21-9-5-2-6-10-21)13-15(14)25-17(20-13)11-7-3-1-4-8-11/h1,3-4,7-8,22H,2,5-6,9-10H2,(H,23,24). The van der Waals surface area contributed by atoms with Crippen molar-refractivity contribution < 1.29 is 15.0 Å². The number of hydrogen-bond donors (Lipinski definition) is 2. The Labute approximate surface area is 148 Å². The number of aromatic carboxylic acids is 1. The number of carbonyl (C=O) groups is 1. The van der Waals surface area contributed by atoms with Gasteiger partial charge in [-0.25, -0.2) is 14.8 Å². The van der Waals surface area contributed by atoms with Crippen molar-refractivity contribution in [2.75, 3.05) is 18.0 Å². The number of thiazole rings is 1. The van der Waals surface area contributed by atoms with Crippen LogP contribution in [0.15, 0.2) is 30.3 Å². The molecule has 3 aromatic rings. The predicted octanol–water partition coefficient (Wildman–Crippen LogP) is 3.75. The molecule has 2 aromatic heterocycles. The van der Waals surface area contributed by atoms with Crippen LogP contribution >= 0.6 is 11.3 Å². The first-order chi connectivity index (χ1) is 12.1. The molecule has 1 fully saturated rings. The molecule has 0 aliphatic carbocycles. The highest BCUT2D eigenvalue weighted by Crippen LogP contribution is 2.41. The highest BCUT2D eigenvalue weighted by Gasteiger charge is 2.25. The molecule has 0 bridgehead atoms. The summed E-state index contributed by atoms with van der Waals surface area (Å²) in [5.74, 6) is -0.974. The number of hydrogen-bond acceptors (Lipinski definition) is 6. The first kappa shape index (κ1) is 15.8. The molecule has 3 heterocycles. The summed E-state index contributed by atoms with van der Waals surface area (Å²) in [6, 6.07) is 9.67. The van der Waals surface area contributed by atoms with Crippen LogP contribution in [-0.4, -0.2) is 39.2 Å². The van der Waals surface area contributed by atoms with Crippen molar-refractivity contribution in [1.29, 1.82) is 0 Å². The molecule has 1 aliphatic rings. The molecule has 7 heteroatoms.